The fourth-order valence-electron chi connectivity index (χ4n) is 2.18. The van der Waals surface area contributed by atoms with Crippen LogP contribution in [0.2, 0.25) is 0 Å². The number of rotatable bonds is 9. The second-order valence-electron chi connectivity index (χ2n) is 5.66. The van der Waals surface area contributed by atoms with Gasteiger partial charge in [0.2, 0.25) is 0 Å². The molecule has 2 aromatic rings. The molecule has 2 atom stereocenters. The Bertz CT molecular complexity index is 795. The molecule has 0 fully saturated rings. The maximum Gasteiger partial charge on any atom is 0.472 e. The number of benzene rings is 2. The van der Waals surface area contributed by atoms with Crippen molar-refractivity contribution in [2.75, 3.05) is 27.4 Å². The normalized spacial score (nSPS) is 14.0. The molecular formula is C20H23O6P. The highest BCUT2D eigenvalue weighted by Gasteiger charge is 2.25. The van der Waals surface area contributed by atoms with Crippen LogP contribution in [0.5, 0.6) is 0 Å². The molecule has 0 radical (unpaired) electrons. The molecule has 0 aromatic heterocycles. The van der Waals surface area contributed by atoms with Crippen molar-refractivity contribution in [2.45, 2.75) is 12.7 Å². The van der Waals surface area contributed by atoms with Gasteiger partial charge in [-0.3, -0.25) is 9.05 Å². The minimum absolute atomic E-state index is 0.0946. The zero-order valence-corrected chi connectivity index (χ0v) is 16.2. The van der Waals surface area contributed by atoms with E-state index in [0.29, 0.717) is 6.61 Å². The summed E-state index contributed by atoms with van der Waals surface area (Å²) in [6, 6.07) is 17.5. The standard InChI is InChI=1S/C20H23O6P/c1-23-15-20(26-27(21,22)24-2)16-25-14-19-12-10-18(11-13-19)9-8-17-6-4-3-5-7-17/h3-7,10-13,20H,14-16H2,1-2H3,(H,21,22)/t20-/m1/s1. The van der Waals surface area contributed by atoms with E-state index in [9.17, 15) is 9.46 Å². The molecule has 144 valence electrons. The molecule has 0 amide bonds. The lowest BCUT2D eigenvalue weighted by Gasteiger charge is -2.19. The molecule has 6 nitrogen and oxygen atoms in total. The van der Waals surface area contributed by atoms with Crippen molar-refractivity contribution in [3.8, 4) is 11.8 Å². The van der Waals surface area contributed by atoms with Crippen LogP contribution in [0.25, 0.3) is 0 Å². The fourth-order valence-corrected chi connectivity index (χ4v) is 2.77. The Balaban J connectivity index is 1.85. The fraction of sp³-hybridized carbons (Fsp3) is 0.300. The van der Waals surface area contributed by atoms with Gasteiger partial charge in [-0.15, -0.1) is 0 Å². The summed E-state index contributed by atoms with van der Waals surface area (Å²) in [5.41, 5.74) is 2.83. The van der Waals surface area contributed by atoms with Crippen LogP contribution in [0.15, 0.2) is 54.6 Å². The summed E-state index contributed by atoms with van der Waals surface area (Å²) >= 11 is 0. The van der Waals surface area contributed by atoms with Crippen LogP contribution < -0.4 is 0 Å². The summed E-state index contributed by atoms with van der Waals surface area (Å²) in [6.45, 7) is 0.540. The first-order valence-corrected chi connectivity index (χ1v) is 9.81. The smallest absolute Gasteiger partial charge is 0.382 e. The maximum absolute atomic E-state index is 11.5. The third kappa shape index (κ3) is 8.06. The SMILES string of the molecule is COC[C@H](COCc1ccc(C#Cc2ccccc2)cc1)OP(=O)(O)OC. The highest BCUT2D eigenvalue weighted by atomic mass is 31.2. The highest BCUT2D eigenvalue weighted by molar-refractivity contribution is 7.47. The third-order valence-corrected chi connectivity index (χ3v) is 4.54. The van der Waals surface area contributed by atoms with Gasteiger partial charge in [-0.2, -0.15) is 0 Å². The zero-order valence-electron chi connectivity index (χ0n) is 15.3. The van der Waals surface area contributed by atoms with Gasteiger partial charge in [0.15, 0.2) is 0 Å². The maximum atomic E-state index is 11.5. The highest BCUT2D eigenvalue weighted by Crippen LogP contribution is 2.43. The molecular weight excluding hydrogens is 367 g/mol. The van der Waals surface area contributed by atoms with Crippen LogP contribution in [0.4, 0.5) is 0 Å². The minimum atomic E-state index is -4.09. The second kappa shape index (κ2) is 11.0. The topological polar surface area (TPSA) is 74.2 Å². The Morgan fingerprint density at radius 2 is 1.59 bits per heavy atom. The van der Waals surface area contributed by atoms with E-state index in [1.54, 1.807) is 0 Å². The summed E-state index contributed by atoms with van der Waals surface area (Å²) in [5, 5.41) is 0. The first kappa shape index (κ1) is 21.3. The van der Waals surface area contributed by atoms with Crippen LogP contribution in [0.3, 0.4) is 0 Å². The average Bonchev–Trinajstić information content (AvgIpc) is 2.68. The number of methoxy groups -OCH3 is 1. The minimum Gasteiger partial charge on any atom is -0.382 e. The van der Waals surface area contributed by atoms with Crippen molar-refractivity contribution in [1.29, 1.82) is 0 Å². The second-order valence-corrected chi connectivity index (χ2v) is 7.18. The van der Waals surface area contributed by atoms with Crippen LogP contribution in [0.1, 0.15) is 16.7 Å². The number of hydrogen-bond acceptors (Lipinski definition) is 5. The van der Waals surface area contributed by atoms with Crippen molar-refractivity contribution >= 4 is 7.82 Å². The Morgan fingerprint density at radius 1 is 0.963 bits per heavy atom. The van der Waals surface area contributed by atoms with Gasteiger partial charge < -0.3 is 14.4 Å². The lowest BCUT2D eigenvalue weighted by molar-refractivity contribution is -0.0135. The number of hydrogen-bond donors (Lipinski definition) is 1. The van der Waals surface area contributed by atoms with Gasteiger partial charge in [0.1, 0.15) is 6.10 Å². The van der Waals surface area contributed by atoms with Gasteiger partial charge in [0.25, 0.3) is 0 Å². The molecule has 1 unspecified atom stereocenters. The molecule has 27 heavy (non-hydrogen) atoms. The Morgan fingerprint density at radius 3 is 2.19 bits per heavy atom. The van der Waals surface area contributed by atoms with Crippen LogP contribution in [0, 0.1) is 11.8 Å². The van der Waals surface area contributed by atoms with Crippen molar-refractivity contribution in [2.24, 2.45) is 0 Å². The molecule has 0 saturated heterocycles. The molecule has 0 heterocycles. The lowest BCUT2D eigenvalue weighted by atomic mass is 10.1. The predicted octanol–water partition coefficient (Wildman–Crippen LogP) is 3.38. The molecule has 0 bridgehead atoms. The molecule has 0 aliphatic heterocycles. The molecule has 7 heteroatoms. The average molecular weight is 390 g/mol. The summed E-state index contributed by atoms with van der Waals surface area (Å²) < 4.78 is 31.4. The lowest BCUT2D eigenvalue weighted by Crippen LogP contribution is -2.24. The molecule has 2 aromatic carbocycles. The molecule has 2 rings (SSSR count). The Hall–Kier alpha value is -1.97. The molecule has 0 aliphatic rings. The Labute approximate surface area is 159 Å². The summed E-state index contributed by atoms with van der Waals surface area (Å²) in [6.07, 6.45) is -0.707. The van der Waals surface area contributed by atoms with E-state index in [1.165, 1.54) is 7.11 Å². The van der Waals surface area contributed by atoms with Gasteiger partial charge in [-0.1, -0.05) is 42.2 Å². The molecule has 1 N–H and O–H groups in total. The van der Waals surface area contributed by atoms with E-state index in [4.69, 9.17) is 14.0 Å². The van der Waals surface area contributed by atoms with Crippen LogP contribution >= 0.6 is 7.82 Å². The molecule has 0 saturated carbocycles. The van der Waals surface area contributed by atoms with E-state index in [0.717, 1.165) is 23.8 Å². The van der Waals surface area contributed by atoms with Crippen molar-refractivity contribution in [1.82, 2.24) is 0 Å². The number of ether oxygens (including phenoxy) is 2. The van der Waals surface area contributed by atoms with E-state index in [1.807, 2.05) is 54.6 Å². The van der Waals surface area contributed by atoms with Crippen LogP contribution in [-0.2, 0) is 29.7 Å². The van der Waals surface area contributed by atoms with Crippen molar-refractivity contribution < 1.29 is 28.0 Å². The number of phosphoric acid groups is 1. The first-order chi connectivity index (χ1) is 13.0. The summed E-state index contributed by atoms with van der Waals surface area (Å²) in [7, 11) is -1.51. The van der Waals surface area contributed by atoms with Crippen molar-refractivity contribution in [3.05, 3.63) is 71.3 Å². The third-order valence-electron chi connectivity index (χ3n) is 3.52. The van der Waals surface area contributed by atoms with Gasteiger partial charge in [0.05, 0.1) is 19.8 Å². The quantitative estimate of drug-likeness (QED) is 0.523. The summed E-state index contributed by atoms with van der Waals surface area (Å²) in [5.74, 6) is 6.22. The van der Waals surface area contributed by atoms with E-state index >= 15 is 0 Å². The zero-order chi connectivity index (χ0) is 19.5. The first-order valence-electron chi connectivity index (χ1n) is 8.32. The Kier molecular flexibility index (Phi) is 8.70. The number of phosphoric ester groups is 1. The van der Waals surface area contributed by atoms with E-state index in [2.05, 4.69) is 16.4 Å². The van der Waals surface area contributed by atoms with E-state index < -0.39 is 13.9 Å². The van der Waals surface area contributed by atoms with Crippen molar-refractivity contribution in [3.63, 3.8) is 0 Å². The van der Waals surface area contributed by atoms with Gasteiger partial charge in [-0.25, -0.2) is 4.57 Å². The van der Waals surface area contributed by atoms with E-state index in [-0.39, 0.29) is 13.2 Å². The van der Waals surface area contributed by atoms with Gasteiger partial charge in [0, 0.05) is 25.3 Å². The van der Waals surface area contributed by atoms with Crippen LogP contribution in [-0.4, -0.2) is 38.4 Å². The van der Waals surface area contributed by atoms with Gasteiger partial charge in [-0.05, 0) is 29.8 Å². The predicted molar refractivity (Wildman–Crippen MR) is 102 cm³/mol. The molecule has 0 spiro atoms. The monoisotopic (exact) mass is 390 g/mol. The van der Waals surface area contributed by atoms with Gasteiger partial charge >= 0.3 is 7.82 Å². The molecule has 0 aliphatic carbocycles. The summed E-state index contributed by atoms with van der Waals surface area (Å²) in [4.78, 5) is 9.39. The largest absolute Gasteiger partial charge is 0.472 e.